The summed E-state index contributed by atoms with van der Waals surface area (Å²) in [4.78, 5) is 23.0. The van der Waals surface area contributed by atoms with Gasteiger partial charge in [-0.1, -0.05) is 18.2 Å². The second-order valence-corrected chi connectivity index (χ2v) is 6.54. The minimum Gasteiger partial charge on any atom is -0.258 e. The van der Waals surface area contributed by atoms with E-state index in [-0.39, 0.29) is 12.2 Å². The van der Waals surface area contributed by atoms with E-state index in [1.807, 2.05) is 0 Å². The highest BCUT2D eigenvalue weighted by molar-refractivity contribution is 5.41. The molecular formula is C18H16F3N5O3. The average molecular weight is 407 g/mol. The molecule has 152 valence electrons. The van der Waals surface area contributed by atoms with E-state index in [2.05, 4.69) is 10.4 Å². The van der Waals surface area contributed by atoms with Crippen molar-refractivity contribution >= 4 is 5.69 Å². The van der Waals surface area contributed by atoms with Gasteiger partial charge in [0.15, 0.2) is 0 Å². The van der Waals surface area contributed by atoms with Crippen LogP contribution in [0.3, 0.4) is 0 Å². The van der Waals surface area contributed by atoms with Crippen LogP contribution in [0.4, 0.5) is 18.9 Å². The number of tetrazole rings is 1. The third kappa shape index (κ3) is 4.18. The Morgan fingerprint density at radius 2 is 1.79 bits per heavy atom. The van der Waals surface area contributed by atoms with E-state index in [1.54, 1.807) is 19.9 Å². The topological polar surface area (TPSA) is 95.8 Å². The number of nitrogens with zero attached hydrogens (tertiary/aromatic N) is 5. The third-order valence-corrected chi connectivity index (χ3v) is 4.54. The Kier molecular flexibility index (Phi) is 5.23. The molecule has 0 spiro atoms. The van der Waals surface area contributed by atoms with Gasteiger partial charge in [0.05, 0.1) is 23.1 Å². The second-order valence-electron chi connectivity index (χ2n) is 6.54. The lowest BCUT2D eigenvalue weighted by molar-refractivity contribution is -0.385. The molecule has 11 heteroatoms. The molecule has 0 amide bonds. The maximum Gasteiger partial charge on any atom is 0.416 e. The van der Waals surface area contributed by atoms with Crippen LogP contribution in [-0.2, 0) is 12.7 Å². The quantitative estimate of drug-likeness (QED) is 0.478. The number of aromatic nitrogens is 4. The fourth-order valence-electron chi connectivity index (χ4n) is 2.91. The van der Waals surface area contributed by atoms with Gasteiger partial charge in [-0.05, 0) is 53.6 Å². The Bertz CT molecular complexity index is 1100. The zero-order valence-electron chi connectivity index (χ0n) is 15.4. The van der Waals surface area contributed by atoms with Crippen molar-refractivity contribution in [2.24, 2.45) is 0 Å². The third-order valence-electron chi connectivity index (χ3n) is 4.54. The second kappa shape index (κ2) is 7.49. The maximum atomic E-state index is 12.7. The lowest BCUT2D eigenvalue weighted by Crippen LogP contribution is -2.28. The predicted octanol–water partition coefficient (Wildman–Crippen LogP) is 3.33. The molecule has 8 nitrogen and oxygen atoms in total. The van der Waals surface area contributed by atoms with Crippen LogP contribution in [0.5, 0.6) is 0 Å². The summed E-state index contributed by atoms with van der Waals surface area (Å²) >= 11 is 0. The summed E-state index contributed by atoms with van der Waals surface area (Å²) in [5.74, 6) is 0. The Balaban J connectivity index is 1.83. The van der Waals surface area contributed by atoms with Gasteiger partial charge in [-0.3, -0.25) is 10.1 Å². The summed E-state index contributed by atoms with van der Waals surface area (Å²) in [6.45, 7) is 3.27. The number of nitro benzene ring substituents is 1. The molecule has 0 N–H and O–H groups in total. The smallest absolute Gasteiger partial charge is 0.258 e. The van der Waals surface area contributed by atoms with Crippen molar-refractivity contribution in [1.29, 1.82) is 0 Å². The van der Waals surface area contributed by atoms with Gasteiger partial charge in [-0.2, -0.15) is 22.5 Å². The first kappa shape index (κ1) is 20.2. The SMILES string of the molecule is Cc1cc(Cn2nnn(C(C)c3ccc(C(F)(F)F)cc3)c2=O)ccc1[N+](=O)[O-]. The molecule has 2 aromatic carbocycles. The first-order chi connectivity index (χ1) is 13.6. The van der Waals surface area contributed by atoms with Gasteiger partial charge in [-0.25, -0.2) is 4.79 Å². The lowest BCUT2D eigenvalue weighted by atomic mass is 10.1. The molecule has 0 saturated carbocycles. The van der Waals surface area contributed by atoms with Crippen molar-refractivity contribution in [2.45, 2.75) is 32.6 Å². The standard InChI is InChI=1S/C18H16F3N5O3/c1-11-9-13(3-8-16(11)26(28)29)10-24-17(27)25(23-22-24)12(2)14-4-6-15(7-5-14)18(19,20)21/h3-9,12H,10H2,1-2H3. The van der Waals surface area contributed by atoms with Gasteiger partial charge in [0.25, 0.3) is 5.69 Å². The summed E-state index contributed by atoms with van der Waals surface area (Å²) in [5, 5.41) is 18.5. The maximum absolute atomic E-state index is 12.7. The van der Waals surface area contributed by atoms with Crippen molar-refractivity contribution < 1.29 is 18.1 Å². The molecule has 0 radical (unpaired) electrons. The van der Waals surface area contributed by atoms with Crippen LogP contribution in [0.2, 0.25) is 0 Å². The molecule has 1 atom stereocenters. The molecule has 0 aliphatic rings. The zero-order valence-corrected chi connectivity index (χ0v) is 15.4. The van der Waals surface area contributed by atoms with Crippen LogP contribution in [0.1, 0.15) is 35.2 Å². The van der Waals surface area contributed by atoms with Crippen molar-refractivity contribution in [3.05, 3.63) is 85.3 Å². The van der Waals surface area contributed by atoms with Crippen molar-refractivity contribution in [3.8, 4) is 0 Å². The van der Waals surface area contributed by atoms with E-state index < -0.39 is 28.4 Å². The Labute approximate surface area is 162 Å². The minimum absolute atomic E-state index is 0.0272. The number of hydrogen-bond donors (Lipinski definition) is 0. The molecule has 1 unspecified atom stereocenters. The molecule has 1 heterocycles. The van der Waals surface area contributed by atoms with E-state index in [9.17, 15) is 28.1 Å². The highest BCUT2D eigenvalue weighted by Crippen LogP contribution is 2.30. The monoisotopic (exact) mass is 407 g/mol. The molecule has 0 bridgehead atoms. The molecule has 3 aromatic rings. The highest BCUT2D eigenvalue weighted by Gasteiger charge is 2.30. The van der Waals surface area contributed by atoms with Gasteiger partial charge in [0.1, 0.15) is 0 Å². The van der Waals surface area contributed by atoms with Crippen LogP contribution in [0.15, 0.2) is 47.3 Å². The van der Waals surface area contributed by atoms with Crippen molar-refractivity contribution in [3.63, 3.8) is 0 Å². The molecule has 3 rings (SSSR count). The normalized spacial score (nSPS) is 12.7. The zero-order chi connectivity index (χ0) is 21.3. The summed E-state index contributed by atoms with van der Waals surface area (Å²) in [6, 6.07) is 8.31. The molecule has 1 aromatic heterocycles. The molecule has 29 heavy (non-hydrogen) atoms. The summed E-state index contributed by atoms with van der Waals surface area (Å²) in [6.07, 6.45) is -4.44. The summed E-state index contributed by atoms with van der Waals surface area (Å²) in [5.41, 5.74) is 0.195. The number of benzene rings is 2. The van der Waals surface area contributed by atoms with Gasteiger partial charge in [0.2, 0.25) is 0 Å². The van der Waals surface area contributed by atoms with E-state index in [0.717, 1.165) is 21.5 Å². The minimum atomic E-state index is -4.44. The Morgan fingerprint density at radius 1 is 1.14 bits per heavy atom. The first-order valence-corrected chi connectivity index (χ1v) is 8.51. The average Bonchev–Trinajstić information content (AvgIpc) is 3.01. The molecule has 0 aliphatic carbocycles. The molecular weight excluding hydrogens is 391 g/mol. The molecule has 0 fully saturated rings. The van der Waals surface area contributed by atoms with Gasteiger partial charge >= 0.3 is 11.9 Å². The van der Waals surface area contributed by atoms with Crippen LogP contribution < -0.4 is 5.69 Å². The summed E-state index contributed by atoms with van der Waals surface area (Å²) in [7, 11) is 0. The van der Waals surface area contributed by atoms with Gasteiger partial charge in [-0.15, -0.1) is 0 Å². The molecule has 0 aliphatic heterocycles. The van der Waals surface area contributed by atoms with E-state index >= 15 is 0 Å². The van der Waals surface area contributed by atoms with Crippen LogP contribution in [-0.4, -0.2) is 24.7 Å². The number of nitro groups is 1. The number of hydrogen-bond acceptors (Lipinski definition) is 5. The summed E-state index contributed by atoms with van der Waals surface area (Å²) < 4.78 is 40.2. The highest BCUT2D eigenvalue weighted by atomic mass is 19.4. The van der Waals surface area contributed by atoms with E-state index in [1.165, 1.54) is 24.3 Å². The Hall–Kier alpha value is -3.50. The fraction of sp³-hybridized carbons (Fsp3) is 0.278. The fourth-order valence-corrected chi connectivity index (χ4v) is 2.91. The number of alkyl halides is 3. The van der Waals surface area contributed by atoms with E-state index in [0.29, 0.717) is 16.7 Å². The van der Waals surface area contributed by atoms with Crippen LogP contribution in [0.25, 0.3) is 0 Å². The van der Waals surface area contributed by atoms with Crippen molar-refractivity contribution in [2.75, 3.05) is 0 Å². The molecule has 0 saturated heterocycles. The predicted molar refractivity (Wildman–Crippen MR) is 96.5 cm³/mol. The largest absolute Gasteiger partial charge is 0.416 e. The first-order valence-electron chi connectivity index (χ1n) is 8.51. The number of rotatable bonds is 5. The van der Waals surface area contributed by atoms with E-state index in [4.69, 9.17) is 0 Å². The number of aryl methyl sites for hydroxylation is 1. The van der Waals surface area contributed by atoms with Crippen LogP contribution >= 0.6 is 0 Å². The van der Waals surface area contributed by atoms with Gasteiger partial charge in [0, 0.05) is 11.6 Å². The van der Waals surface area contributed by atoms with Crippen molar-refractivity contribution in [1.82, 2.24) is 19.8 Å². The van der Waals surface area contributed by atoms with Crippen LogP contribution in [0, 0.1) is 17.0 Å². The lowest BCUT2D eigenvalue weighted by Gasteiger charge is -2.12. The Morgan fingerprint density at radius 3 is 2.34 bits per heavy atom. The van der Waals surface area contributed by atoms with Gasteiger partial charge < -0.3 is 0 Å². The number of halogens is 3.